The average Bonchev–Trinajstić information content (AvgIpc) is 2.99. The van der Waals surface area contributed by atoms with E-state index in [1.807, 2.05) is 0 Å². The Hall–Kier alpha value is -4.93. The van der Waals surface area contributed by atoms with E-state index in [9.17, 15) is 42.4 Å². The van der Waals surface area contributed by atoms with Gasteiger partial charge in [-0.3, -0.25) is 23.7 Å². The van der Waals surface area contributed by atoms with Gasteiger partial charge in [0.15, 0.2) is 11.6 Å². The highest BCUT2D eigenvalue weighted by Gasteiger charge is 2.69. The van der Waals surface area contributed by atoms with Crippen molar-refractivity contribution >= 4 is 33.6 Å². The molecule has 10 heteroatoms. The van der Waals surface area contributed by atoms with E-state index >= 15 is 0 Å². The van der Waals surface area contributed by atoms with E-state index in [2.05, 4.69) is 0 Å². The Bertz CT molecular complexity index is 1690. The first-order chi connectivity index (χ1) is 20.0. The summed E-state index contributed by atoms with van der Waals surface area (Å²) in [5.74, 6) is -13.2. The number of aliphatic carboxylic acids is 2. The molecule has 0 bridgehead atoms. The first kappa shape index (κ1) is 30.0. The molecule has 0 aromatic heterocycles. The number of benzene rings is 4. The molecule has 214 valence electrons. The average molecular weight is 587 g/mol. The van der Waals surface area contributed by atoms with Gasteiger partial charge in [0.25, 0.3) is 10.1 Å². The molecule has 3 N–H and O–H groups in total. The zero-order valence-electron chi connectivity index (χ0n) is 22.0. The molecular weight excluding hydrogens is 560 g/mol. The van der Waals surface area contributed by atoms with Crippen LogP contribution in [0.1, 0.15) is 43.7 Å². The molecule has 0 radical (unpaired) electrons. The van der Waals surface area contributed by atoms with Gasteiger partial charge in [0, 0.05) is 11.1 Å². The third kappa shape index (κ3) is 5.50. The first-order valence-electron chi connectivity index (χ1n) is 12.7. The molecular formula is C32H26O9S. The normalized spacial score (nSPS) is 15.0. The van der Waals surface area contributed by atoms with Crippen molar-refractivity contribution in [3.8, 4) is 0 Å². The van der Waals surface area contributed by atoms with E-state index in [1.54, 1.807) is 18.2 Å². The largest absolute Gasteiger partial charge is 0.481 e. The van der Waals surface area contributed by atoms with Crippen LogP contribution in [0.25, 0.3) is 0 Å². The Kier molecular flexibility index (Phi) is 8.79. The number of carboxylic acid groups (broad SMARTS) is 2. The van der Waals surface area contributed by atoms with Gasteiger partial charge < -0.3 is 10.2 Å². The molecule has 0 aliphatic heterocycles. The van der Waals surface area contributed by atoms with Crippen LogP contribution in [0, 0.1) is 5.92 Å². The standard InChI is InChI=1S/C32H26O9S/c33-28(23-17-9-3-10-18-23)25(21-13-5-1-6-14-21)27(30(35)36)32(31(37)38,42(39,40)41)26(22-15-7-2-8-16-22)29(34)24-19-11-4-12-20-24/h1-20,25-27H,(H,35,36)(H,37,38)(H,39,40,41). The summed E-state index contributed by atoms with van der Waals surface area (Å²) in [7, 11) is -5.99. The fourth-order valence-electron chi connectivity index (χ4n) is 5.38. The zero-order chi connectivity index (χ0) is 30.5. The van der Waals surface area contributed by atoms with Crippen LogP contribution >= 0.6 is 0 Å². The summed E-state index contributed by atoms with van der Waals surface area (Å²) in [5.41, 5.74) is -0.364. The summed E-state index contributed by atoms with van der Waals surface area (Å²) >= 11 is 0. The van der Waals surface area contributed by atoms with Gasteiger partial charge in [-0.05, 0) is 11.1 Å². The summed E-state index contributed by atoms with van der Waals surface area (Å²) in [4.78, 5) is 54.9. The van der Waals surface area contributed by atoms with Gasteiger partial charge in [-0.2, -0.15) is 8.42 Å². The van der Waals surface area contributed by atoms with Crippen LogP contribution < -0.4 is 0 Å². The number of hydrogen-bond acceptors (Lipinski definition) is 6. The molecule has 0 aliphatic carbocycles. The Morgan fingerprint density at radius 3 is 1.33 bits per heavy atom. The minimum atomic E-state index is -5.99. The van der Waals surface area contributed by atoms with Gasteiger partial charge in [0.05, 0.1) is 11.8 Å². The second-order valence-corrected chi connectivity index (χ2v) is 11.2. The topological polar surface area (TPSA) is 163 Å². The Balaban J connectivity index is 2.15. The fraction of sp³-hybridized carbons (Fsp3) is 0.125. The van der Waals surface area contributed by atoms with Gasteiger partial charge in [-0.1, -0.05) is 121 Å². The third-order valence-corrected chi connectivity index (χ3v) is 8.72. The number of hydrogen-bond donors (Lipinski definition) is 3. The van der Waals surface area contributed by atoms with Crippen LogP contribution in [0.4, 0.5) is 0 Å². The van der Waals surface area contributed by atoms with E-state index in [4.69, 9.17) is 0 Å². The van der Waals surface area contributed by atoms with Gasteiger partial charge in [-0.25, -0.2) is 0 Å². The maximum atomic E-state index is 14.2. The molecule has 0 heterocycles. The van der Waals surface area contributed by atoms with Crippen molar-refractivity contribution < 1.29 is 42.4 Å². The van der Waals surface area contributed by atoms with E-state index < -0.39 is 56.1 Å². The lowest BCUT2D eigenvalue weighted by Gasteiger charge is -2.40. The number of ketones is 2. The summed E-state index contributed by atoms with van der Waals surface area (Å²) in [6.07, 6.45) is 0. The lowest BCUT2D eigenvalue weighted by molar-refractivity contribution is -0.153. The van der Waals surface area contributed by atoms with Crippen LogP contribution in [-0.2, 0) is 19.7 Å². The molecule has 0 fully saturated rings. The highest BCUT2D eigenvalue weighted by molar-refractivity contribution is 7.88. The highest BCUT2D eigenvalue weighted by atomic mass is 32.2. The number of carbonyl (C=O) groups excluding carboxylic acids is 2. The smallest absolute Gasteiger partial charge is 0.329 e. The second-order valence-electron chi connectivity index (χ2n) is 9.58. The van der Waals surface area contributed by atoms with Crippen molar-refractivity contribution in [2.24, 2.45) is 5.92 Å². The van der Waals surface area contributed by atoms with Crippen molar-refractivity contribution in [3.63, 3.8) is 0 Å². The van der Waals surface area contributed by atoms with Crippen molar-refractivity contribution in [1.82, 2.24) is 0 Å². The van der Waals surface area contributed by atoms with Crippen LogP contribution in [0.3, 0.4) is 0 Å². The van der Waals surface area contributed by atoms with E-state index in [0.717, 1.165) is 0 Å². The quantitative estimate of drug-likeness (QED) is 0.157. The number of Topliss-reactive ketones (excluding diaryl/α,β-unsaturated/α-hetero) is 2. The molecule has 0 amide bonds. The maximum absolute atomic E-state index is 14.2. The van der Waals surface area contributed by atoms with Crippen LogP contribution in [0.5, 0.6) is 0 Å². The molecule has 4 aromatic carbocycles. The lowest BCUT2D eigenvalue weighted by atomic mass is 9.66. The third-order valence-electron chi connectivity index (χ3n) is 7.20. The number of carbonyl (C=O) groups is 4. The Morgan fingerprint density at radius 1 is 0.571 bits per heavy atom. The van der Waals surface area contributed by atoms with Gasteiger partial charge in [0.1, 0.15) is 5.92 Å². The van der Waals surface area contributed by atoms with Gasteiger partial charge in [-0.15, -0.1) is 0 Å². The van der Waals surface area contributed by atoms with E-state index in [0.29, 0.717) is 0 Å². The Labute approximate surface area is 241 Å². The summed E-state index contributed by atoms with van der Waals surface area (Å²) in [6.45, 7) is 0. The molecule has 0 aliphatic rings. The van der Waals surface area contributed by atoms with Gasteiger partial charge in [0.2, 0.25) is 4.75 Å². The van der Waals surface area contributed by atoms with Crippen molar-refractivity contribution in [1.29, 1.82) is 0 Å². The van der Waals surface area contributed by atoms with Crippen molar-refractivity contribution in [2.45, 2.75) is 16.6 Å². The summed E-state index contributed by atoms with van der Waals surface area (Å²) < 4.78 is 34.2. The van der Waals surface area contributed by atoms with E-state index in [-0.39, 0.29) is 22.3 Å². The Morgan fingerprint density at radius 2 is 0.952 bits per heavy atom. The van der Waals surface area contributed by atoms with Crippen molar-refractivity contribution in [2.75, 3.05) is 0 Å². The zero-order valence-corrected chi connectivity index (χ0v) is 22.8. The van der Waals surface area contributed by atoms with Crippen LogP contribution in [0.15, 0.2) is 121 Å². The van der Waals surface area contributed by atoms with Crippen LogP contribution in [0.2, 0.25) is 0 Å². The minimum Gasteiger partial charge on any atom is -0.481 e. The maximum Gasteiger partial charge on any atom is 0.329 e. The molecule has 0 saturated heterocycles. The SMILES string of the molecule is O=C(c1ccccc1)C(c1ccccc1)C(C(=O)O)C(C(=O)O)(C(C(=O)c1ccccc1)c1ccccc1)S(=O)(=O)O. The highest BCUT2D eigenvalue weighted by Crippen LogP contribution is 2.49. The summed E-state index contributed by atoms with van der Waals surface area (Å²) in [5, 5.41) is 21.5. The summed E-state index contributed by atoms with van der Waals surface area (Å²) in [6, 6.07) is 28.6. The second kappa shape index (κ2) is 12.3. The molecule has 4 rings (SSSR count). The van der Waals surface area contributed by atoms with E-state index in [1.165, 1.54) is 103 Å². The molecule has 0 saturated carbocycles. The molecule has 4 atom stereocenters. The minimum absolute atomic E-state index is 0.0213. The molecule has 4 aromatic rings. The van der Waals surface area contributed by atoms with Crippen LogP contribution in [-0.4, -0.2) is 51.4 Å². The lowest BCUT2D eigenvalue weighted by Crippen LogP contribution is -2.62. The number of carboxylic acids is 2. The first-order valence-corrected chi connectivity index (χ1v) is 14.2. The fourth-order valence-corrected chi connectivity index (χ4v) is 6.69. The predicted octanol–water partition coefficient (Wildman–Crippen LogP) is 4.73. The molecule has 42 heavy (non-hydrogen) atoms. The molecule has 0 spiro atoms. The van der Waals surface area contributed by atoms with Crippen molar-refractivity contribution in [3.05, 3.63) is 144 Å². The monoisotopic (exact) mass is 586 g/mol. The molecule has 9 nitrogen and oxygen atoms in total. The number of rotatable bonds is 12. The van der Waals surface area contributed by atoms with Gasteiger partial charge >= 0.3 is 11.9 Å². The predicted molar refractivity (Wildman–Crippen MR) is 153 cm³/mol. The molecule has 4 unspecified atom stereocenters.